The standard InChI is InChI=1S/C10H8F2O3/c1-7(13)15-9(14)10(11,12)8-5-3-2-4-6-8/h2-6H,1H3. The van der Waals surface area contributed by atoms with Crippen LogP contribution in [0.2, 0.25) is 0 Å². The van der Waals surface area contributed by atoms with Gasteiger partial charge in [-0.3, -0.25) is 4.79 Å². The summed E-state index contributed by atoms with van der Waals surface area (Å²) in [6.45, 7) is 0.888. The molecule has 5 heteroatoms. The fourth-order valence-electron chi connectivity index (χ4n) is 0.960. The summed E-state index contributed by atoms with van der Waals surface area (Å²) in [7, 11) is 0. The number of carbonyl (C=O) groups is 2. The van der Waals surface area contributed by atoms with E-state index in [4.69, 9.17) is 0 Å². The quantitative estimate of drug-likeness (QED) is 0.557. The molecule has 0 saturated heterocycles. The Balaban J connectivity index is 2.92. The number of hydrogen-bond acceptors (Lipinski definition) is 3. The molecule has 0 spiro atoms. The van der Waals surface area contributed by atoms with Gasteiger partial charge in [-0.1, -0.05) is 30.3 Å². The van der Waals surface area contributed by atoms with Gasteiger partial charge in [0.05, 0.1) is 0 Å². The first kappa shape index (κ1) is 11.3. The molecule has 0 N–H and O–H groups in total. The van der Waals surface area contributed by atoms with Crippen LogP contribution in [-0.2, 0) is 20.2 Å². The molecule has 0 atom stereocenters. The zero-order valence-corrected chi connectivity index (χ0v) is 7.87. The van der Waals surface area contributed by atoms with Crippen molar-refractivity contribution in [3.05, 3.63) is 35.9 Å². The van der Waals surface area contributed by atoms with E-state index in [0.29, 0.717) is 0 Å². The monoisotopic (exact) mass is 214 g/mol. The lowest BCUT2D eigenvalue weighted by Crippen LogP contribution is -2.29. The Hall–Kier alpha value is -1.78. The molecule has 3 nitrogen and oxygen atoms in total. The SMILES string of the molecule is CC(=O)OC(=O)C(F)(F)c1ccccc1. The van der Waals surface area contributed by atoms with Gasteiger partial charge in [0.2, 0.25) is 0 Å². The predicted octanol–water partition coefficient (Wildman–Crippen LogP) is 1.87. The third-order valence-electron chi connectivity index (χ3n) is 1.63. The van der Waals surface area contributed by atoms with E-state index in [2.05, 4.69) is 4.74 Å². The van der Waals surface area contributed by atoms with Crippen molar-refractivity contribution in [1.29, 1.82) is 0 Å². The van der Waals surface area contributed by atoms with E-state index in [1.165, 1.54) is 18.2 Å². The predicted molar refractivity (Wildman–Crippen MR) is 47.1 cm³/mol. The van der Waals surface area contributed by atoms with Crippen molar-refractivity contribution < 1.29 is 23.1 Å². The summed E-state index contributed by atoms with van der Waals surface area (Å²) in [5.41, 5.74) is -0.503. The average Bonchev–Trinajstić information content (AvgIpc) is 2.18. The maximum absolute atomic E-state index is 13.3. The molecule has 1 aromatic rings. The van der Waals surface area contributed by atoms with E-state index in [1.807, 2.05) is 0 Å². The lowest BCUT2D eigenvalue weighted by molar-refractivity contribution is -0.179. The fraction of sp³-hybridized carbons (Fsp3) is 0.200. The number of rotatable bonds is 2. The first-order valence-corrected chi connectivity index (χ1v) is 4.11. The van der Waals surface area contributed by atoms with E-state index < -0.39 is 23.4 Å². The normalized spacial score (nSPS) is 10.9. The van der Waals surface area contributed by atoms with Gasteiger partial charge >= 0.3 is 17.9 Å². The van der Waals surface area contributed by atoms with Crippen LogP contribution >= 0.6 is 0 Å². The summed E-state index contributed by atoms with van der Waals surface area (Å²) in [5.74, 6) is -6.72. The first-order valence-electron chi connectivity index (χ1n) is 4.11. The van der Waals surface area contributed by atoms with Crippen LogP contribution in [0, 0.1) is 0 Å². The number of halogens is 2. The van der Waals surface area contributed by atoms with Crippen molar-refractivity contribution in [1.82, 2.24) is 0 Å². The van der Waals surface area contributed by atoms with Gasteiger partial charge in [-0.15, -0.1) is 0 Å². The van der Waals surface area contributed by atoms with Crippen molar-refractivity contribution in [2.75, 3.05) is 0 Å². The molecule has 0 unspecified atom stereocenters. The maximum Gasteiger partial charge on any atom is 0.389 e. The summed E-state index contributed by atoms with van der Waals surface area (Å²) >= 11 is 0. The molecule has 15 heavy (non-hydrogen) atoms. The van der Waals surface area contributed by atoms with Crippen molar-refractivity contribution in [2.45, 2.75) is 12.8 Å². The highest BCUT2D eigenvalue weighted by Gasteiger charge is 2.43. The largest absolute Gasteiger partial charge is 0.389 e. The molecular weight excluding hydrogens is 206 g/mol. The zero-order chi connectivity index (χ0) is 11.5. The second kappa shape index (κ2) is 4.16. The Labute approximate surface area is 84.7 Å². The van der Waals surface area contributed by atoms with Crippen LogP contribution < -0.4 is 0 Å². The van der Waals surface area contributed by atoms with E-state index in [1.54, 1.807) is 0 Å². The van der Waals surface area contributed by atoms with Crippen LogP contribution in [0.4, 0.5) is 8.78 Å². The third-order valence-corrected chi connectivity index (χ3v) is 1.63. The highest BCUT2D eigenvalue weighted by Crippen LogP contribution is 2.28. The van der Waals surface area contributed by atoms with Gasteiger partial charge in [0.15, 0.2) is 0 Å². The summed E-state index contributed by atoms with van der Waals surface area (Å²) < 4.78 is 30.4. The smallest absolute Gasteiger partial charge is 0.389 e. The van der Waals surface area contributed by atoms with Gasteiger partial charge in [0.25, 0.3) is 0 Å². The molecule has 0 amide bonds. The molecule has 0 radical (unpaired) electrons. The molecule has 0 aliphatic carbocycles. The van der Waals surface area contributed by atoms with Gasteiger partial charge in [-0.05, 0) is 0 Å². The highest BCUT2D eigenvalue weighted by atomic mass is 19.3. The van der Waals surface area contributed by atoms with Crippen LogP contribution in [-0.4, -0.2) is 11.9 Å². The van der Waals surface area contributed by atoms with Gasteiger partial charge in [0.1, 0.15) is 0 Å². The number of alkyl halides is 2. The summed E-state index contributed by atoms with van der Waals surface area (Å²) in [4.78, 5) is 21.2. The van der Waals surface area contributed by atoms with Gasteiger partial charge < -0.3 is 4.74 Å². The van der Waals surface area contributed by atoms with Crippen molar-refractivity contribution >= 4 is 11.9 Å². The van der Waals surface area contributed by atoms with Gasteiger partial charge in [0, 0.05) is 12.5 Å². The van der Waals surface area contributed by atoms with E-state index >= 15 is 0 Å². The minimum Gasteiger partial charge on any atom is -0.389 e. The van der Waals surface area contributed by atoms with Crippen LogP contribution in [0.15, 0.2) is 30.3 Å². The highest BCUT2D eigenvalue weighted by molar-refractivity contribution is 5.89. The number of hydrogen-bond donors (Lipinski definition) is 0. The zero-order valence-electron chi connectivity index (χ0n) is 7.87. The number of carbonyl (C=O) groups excluding carboxylic acids is 2. The molecule has 0 saturated carbocycles. The van der Waals surface area contributed by atoms with E-state index in [0.717, 1.165) is 19.1 Å². The maximum atomic E-state index is 13.3. The molecule has 0 aliphatic heterocycles. The lowest BCUT2D eigenvalue weighted by atomic mass is 10.1. The molecule has 0 aromatic heterocycles. The Morgan fingerprint density at radius 1 is 1.20 bits per heavy atom. The Bertz CT molecular complexity index is 374. The van der Waals surface area contributed by atoms with Gasteiger partial charge in [-0.25, -0.2) is 4.79 Å². The molecule has 1 aromatic carbocycles. The topological polar surface area (TPSA) is 43.4 Å². The molecule has 0 aliphatic rings. The number of ether oxygens (including phenoxy) is 1. The van der Waals surface area contributed by atoms with Crippen molar-refractivity contribution in [2.24, 2.45) is 0 Å². The van der Waals surface area contributed by atoms with Crippen LogP contribution in [0.1, 0.15) is 12.5 Å². The van der Waals surface area contributed by atoms with Crippen LogP contribution in [0.3, 0.4) is 0 Å². The van der Waals surface area contributed by atoms with Crippen LogP contribution in [0.25, 0.3) is 0 Å². The second-order valence-electron chi connectivity index (χ2n) is 2.82. The van der Waals surface area contributed by atoms with Gasteiger partial charge in [-0.2, -0.15) is 8.78 Å². The molecule has 80 valence electrons. The van der Waals surface area contributed by atoms with E-state index in [9.17, 15) is 18.4 Å². The fourth-order valence-corrected chi connectivity index (χ4v) is 0.960. The Kier molecular flexibility index (Phi) is 3.14. The molecule has 0 bridgehead atoms. The minimum atomic E-state index is -3.80. The van der Waals surface area contributed by atoms with Crippen molar-refractivity contribution in [3.63, 3.8) is 0 Å². The lowest BCUT2D eigenvalue weighted by Gasteiger charge is -2.13. The molecular formula is C10H8F2O3. The number of esters is 2. The summed E-state index contributed by atoms with van der Waals surface area (Å²) in [5, 5.41) is 0. The Morgan fingerprint density at radius 3 is 2.20 bits per heavy atom. The van der Waals surface area contributed by atoms with Crippen molar-refractivity contribution in [3.8, 4) is 0 Å². The number of benzene rings is 1. The van der Waals surface area contributed by atoms with Crippen LogP contribution in [0.5, 0.6) is 0 Å². The molecule has 1 rings (SSSR count). The third kappa shape index (κ3) is 2.59. The van der Waals surface area contributed by atoms with E-state index in [-0.39, 0.29) is 0 Å². The summed E-state index contributed by atoms with van der Waals surface area (Å²) in [6.07, 6.45) is 0. The minimum absolute atomic E-state index is 0.503. The summed E-state index contributed by atoms with van der Waals surface area (Å²) in [6, 6.07) is 6.44. The molecule has 0 heterocycles. The second-order valence-corrected chi connectivity index (χ2v) is 2.82. The molecule has 0 fully saturated rings. The Morgan fingerprint density at radius 2 is 1.73 bits per heavy atom. The average molecular weight is 214 g/mol. The first-order chi connectivity index (χ1) is 6.94.